The molecule has 0 amide bonds. The van der Waals surface area contributed by atoms with E-state index in [0.717, 1.165) is 24.2 Å². The van der Waals surface area contributed by atoms with Crippen LogP contribution in [0.4, 0.5) is 11.4 Å². The second-order valence-corrected chi connectivity index (χ2v) is 17.0. The summed E-state index contributed by atoms with van der Waals surface area (Å²) < 4.78 is 2.66. The first kappa shape index (κ1) is 34.8. The van der Waals surface area contributed by atoms with Crippen LogP contribution in [0.2, 0.25) is 0 Å². The minimum absolute atomic E-state index is 0.958. The summed E-state index contributed by atoms with van der Waals surface area (Å²) in [6.45, 7) is 0. The van der Waals surface area contributed by atoms with Crippen LogP contribution in [0.1, 0.15) is 18.4 Å². The molecule has 1 heterocycles. The Bertz CT molecular complexity index is 3550. The van der Waals surface area contributed by atoms with Crippen molar-refractivity contribution in [1.29, 1.82) is 0 Å². The van der Waals surface area contributed by atoms with Gasteiger partial charge in [-0.2, -0.15) is 0 Å². The highest BCUT2D eigenvalue weighted by atomic mass is 32.1. The molecule has 0 saturated carbocycles. The van der Waals surface area contributed by atoms with Crippen molar-refractivity contribution in [1.82, 2.24) is 0 Å². The maximum absolute atomic E-state index is 2.47. The van der Waals surface area contributed by atoms with Crippen LogP contribution in [0.5, 0.6) is 0 Å². The maximum Gasteiger partial charge on any atom is 0.0467 e. The smallest absolute Gasteiger partial charge is 0.0467 e. The average Bonchev–Trinajstić information content (AvgIpc) is 3.71. The van der Waals surface area contributed by atoms with Crippen molar-refractivity contribution in [2.75, 3.05) is 4.90 Å². The SMILES string of the molecule is C1=C(c2cc3ccccc3c3ccccc23)CCC=C1N(c1ccc(-c2cccc3c2sc2ccccc23)cc1)c1cccc(-c2cc3ccccc3c3ccccc23)c1. The zero-order valence-electron chi connectivity index (χ0n) is 33.0. The molecule has 0 unspecified atom stereocenters. The highest BCUT2D eigenvalue weighted by Crippen LogP contribution is 2.44. The van der Waals surface area contributed by atoms with E-state index in [-0.39, 0.29) is 0 Å². The largest absolute Gasteiger partial charge is 0.311 e. The third-order valence-electron chi connectivity index (χ3n) is 12.5. The summed E-state index contributed by atoms with van der Waals surface area (Å²) in [5.41, 5.74) is 11.1. The molecule has 11 aromatic rings. The zero-order chi connectivity index (χ0) is 39.6. The molecular formula is C58H39NS. The predicted molar refractivity (Wildman–Crippen MR) is 261 cm³/mol. The highest BCUT2D eigenvalue weighted by molar-refractivity contribution is 7.26. The Morgan fingerprint density at radius 3 is 1.70 bits per heavy atom. The fourth-order valence-corrected chi connectivity index (χ4v) is 10.9. The molecule has 60 heavy (non-hydrogen) atoms. The number of fused-ring (bicyclic) bond motifs is 9. The average molecular weight is 782 g/mol. The molecule has 0 bridgehead atoms. The molecule has 0 atom stereocenters. The van der Waals surface area contributed by atoms with E-state index in [4.69, 9.17) is 0 Å². The zero-order valence-corrected chi connectivity index (χ0v) is 33.8. The second-order valence-electron chi connectivity index (χ2n) is 15.9. The molecule has 0 saturated heterocycles. The molecule has 1 aliphatic rings. The van der Waals surface area contributed by atoms with Crippen molar-refractivity contribution >= 4 is 91.5 Å². The lowest BCUT2D eigenvalue weighted by Gasteiger charge is -2.30. The number of benzene rings is 10. The van der Waals surface area contributed by atoms with Crippen LogP contribution in [-0.4, -0.2) is 0 Å². The van der Waals surface area contributed by atoms with Crippen LogP contribution in [0.25, 0.3) is 91.1 Å². The summed E-state index contributed by atoms with van der Waals surface area (Å²) in [6, 6.07) is 74.0. The first-order chi connectivity index (χ1) is 29.7. The maximum atomic E-state index is 2.47. The lowest BCUT2D eigenvalue weighted by Crippen LogP contribution is -2.17. The minimum atomic E-state index is 0.958. The Labute approximate surface area is 353 Å². The van der Waals surface area contributed by atoms with Gasteiger partial charge in [-0.1, -0.05) is 164 Å². The monoisotopic (exact) mass is 781 g/mol. The molecule has 0 radical (unpaired) electrons. The number of nitrogens with zero attached hydrogens (tertiary/aromatic N) is 1. The summed E-state index contributed by atoms with van der Waals surface area (Å²) >= 11 is 1.89. The van der Waals surface area contributed by atoms with E-state index in [1.54, 1.807) is 0 Å². The van der Waals surface area contributed by atoms with Crippen LogP contribution in [-0.2, 0) is 0 Å². The van der Waals surface area contributed by atoms with Crippen LogP contribution in [0.15, 0.2) is 218 Å². The van der Waals surface area contributed by atoms with Gasteiger partial charge in [-0.3, -0.25) is 0 Å². The van der Waals surface area contributed by atoms with E-state index >= 15 is 0 Å². The fourth-order valence-electron chi connectivity index (χ4n) is 9.69. The van der Waals surface area contributed by atoms with E-state index < -0.39 is 0 Å². The molecule has 12 rings (SSSR count). The van der Waals surface area contributed by atoms with Crippen molar-refractivity contribution in [2.45, 2.75) is 12.8 Å². The van der Waals surface area contributed by atoms with E-state index in [9.17, 15) is 0 Å². The van der Waals surface area contributed by atoms with Crippen molar-refractivity contribution in [3.8, 4) is 22.3 Å². The molecule has 0 spiro atoms. The van der Waals surface area contributed by atoms with Crippen molar-refractivity contribution < 1.29 is 0 Å². The lowest BCUT2D eigenvalue weighted by molar-refractivity contribution is 1.02. The van der Waals surface area contributed by atoms with Crippen molar-refractivity contribution in [3.05, 3.63) is 224 Å². The van der Waals surface area contributed by atoms with E-state index in [1.807, 2.05) is 11.3 Å². The molecule has 1 aliphatic carbocycles. The summed E-state index contributed by atoms with van der Waals surface area (Å²) in [7, 11) is 0. The number of hydrogen-bond donors (Lipinski definition) is 0. The van der Waals surface area contributed by atoms with Crippen molar-refractivity contribution in [3.63, 3.8) is 0 Å². The summed E-state index contributed by atoms with van der Waals surface area (Å²) in [5, 5.41) is 12.9. The fraction of sp³-hybridized carbons (Fsp3) is 0.0345. The molecule has 1 nitrogen and oxygen atoms in total. The summed E-state index contributed by atoms with van der Waals surface area (Å²) in [5.74, 6) is 0. The quantitative estimate of drug-likeness (QED) is 0.152. The van der Waals surface area contributed by atoms with Crippen LogP contribution in [0, 0.1) is 0 Å². The van der Waals surface area contributed by atoms with Gasteiger partial charge in [-0.15, -0.1) is 11.3 Å². The van der Waals surface area contributed by atoms with Gasteiger partial charge in [-0.05, 0) is 138 Å². The van der Waals surface area contributed by atoms with Gasteiger partial charge in [0.1, 0.15) is 0 Å². The van der Waals surface area contributed by atoms with E-state index in [0.29, 0.717) is 0 Å². The van der Waals surface area contributed by atoms with Gasteiger partial charge in [0, 0.05) is 37.2 Å². The topological polar surface area (TPSA) is 3.24 Å². The van der Waals surface area contributed by atoms with E-state index in [1.165, 1.54) is 102 Å². The molecule has 0 fully saturated rings. The Morgan fingerprint density at radius 2 is 0.967 bits per heavy atom. The van der Waals surface area contributed by atoms with Crippen LogP contribution in [0.3, 0.4) is 0 Å². The number of thiophene rings is 1. The van der Waals surface area contributed by atoms with Gasteiger partial charge in [0.15, 0.2) is 0 Å². The normalized spacial score (nSPS) is 13.1. The Balaban J connectivity index is 1.02. The Hall–Kier alpha value is -7.26. The lowest BCUT2D eigenvalue weighted by atomic mass is 9.89. The first-order valence-corrected chi connectivity index (χ1v) is 21.7. The van der Waals surface area contributed by atoms with Gasteiger partial charge in [0.25, 0.3) is 0 Å². The number of anilines is 2. The van der Waals surface area contributed by atoms with Crippen molar-refractivity contribution in [2.24, 2.45) is 0 Å². The van der Waals surface area contributed by atoms with E-state index in [2.05, 4.69) is 217 Å². The predicted octanol–water partition coefficient (Wildman–Crippen LogP) is 16.9. The standard InChI is InChI=1S/C58H39NS/c1-3-20-46-41(14-1)36-55(51-24-7-5-22-49(46)51)39-16-11-18-44(34-39)59(43-32-30-38(31-33-43)48-27-13-28-54-53-26-9-10-29-57(53)60-58(48)54)45-19-12-17-40(35-45)56-37-42-15-2-4-21-47(42)50-23-6-8-25-52(50)56/h1-11,13-16,18-37H,12,17H2. The molecular weight excluding hydrogens is 743 g/mol. The molecule has 2 heteroatoms. The van der Waals surface area contributed by atoms with Gasteiger partial charge >= 0.3 is 0 Å². The van der Waals surface area contributed by atoms with Gasteiger partial charge in [-0.25, -0.2) is 0 Å². The van der Waals surface area contributed by atoms with Crippen LogP contribution < -0.4 is 4.90 Å². The Morgan fingerprint density at radius 1 is 0.383 bits per heavy atom. The number of allylic oxidation sites excluding steroid dienone is 3. The van der Waals surface area contributed by atoms with Gasteiger partial charge in [0.2, 0.25) is 0 Å². The van der Waals surface area contributed by atoms with Gasteiger partial charge < -0.3 is 4.90 Å². The summed E-state index contributed by atoms with van der Waals surface area (Å²) in [6.07, 6.45) is 6.82. The second kappa shape index (κ2) is 14.2. The number of rotatable bonds is 6. The molecule has 0 N–H and O–H groups in total. The minimum Gasteiger partial charge on any atom is -0.311 e. The third-order valence-corrected chi connectivity index (χ3v) is 13.7. The molecule has 0 aliphatic heterocycles. The van der Waals surface area contributed by atoms with Gasteiger partial charge in [0.05, 0.1) is 0 Å². The summed E-state index contributed by atoms with van der Waals surface area (Å²) in [4.78, 5) is 2.47. The molecule has 10 aromatic carbocycles. The van der Waals surface area contributed by atoms with Crippen LogP contribution >= 0.6 is 11.3 Å². The highest BCUT2D eigenvalue weighted by Gasteiger charge is 2.21. The Kier molecular flexibility index (Phi) is 8.24. The first-order valence-electron chi connectivity index (χ1n) is 20.9. The molecule has 1 aromatic heterocycles. The molecule has 282 valence electrons. The number of hydrogen-bond acceptors (Lipinski definition) is 2. The third kappa shape index (κ3) is 5.75.